The van der Waals surface area contributed by atoms with Crippen LogP contribution in [0.5, 0.6) is 0 Å². The number of hydrogen-bond acceptors (Lipinski definition) is 5. The second-order valence-electron chi connectivity index (χ2n) is 6.50. The molecule has 0 bridgehead atoms. The Kier molecular flexibility index (Phi) is 9.07. The number of likely N-dealkylation sites (N-methyl/N-ethyl adjacent to an activating group) is 1. The lowest BCUT2D eigenvalue weighted by atomic mass is 9.88. The molecule has 0 amide bonds. The van der Waals surface area contributed by atoms with E-state index in [9.17, 15) is 14.7 Å². The SMILES string of the molecule is C=CNCC[C@](CCOC(C)(C)C)(C(=O)O)N(C)C(=C)/C=C\C=O. The van der Waals surface area contributed by atoms with Gasteiger partial charge in [-0.3, -0.25) is 4.79 Å². The number of nitrogens with zero attached hydrogens (tertiary/aromatic N) is 1. The van der Waals surface area contributed by atoms with Crippen LogP contribution in [0.3, 0.4) is 0 Å². The first-order chi connectivity index (χ1) is 11.1. The summed E-state index contributed by atoms with van der Waals surface area (Å²) >= 11 is 0. The second-order valence-corrected chi connectivity index (χ2v) is 6.50. The van der Waals surface area contributed by atoms with Gasteiger partial charge in [0, 0.05) is 25.7 Å². The number of carboxylic acids is 1. The van der Waals surface area contributed by atoms with Gasteiger partial charge >= 0.3 is 5.97 Å². The zero-order chi connectivity index (χ0) is 18.8. The van der Waals surface area contributed by atoms with Gasteiger partial charge in [0.25, 0.3) is 0 Å². The summed E-state index contributed by atoms with van der Waals surface area (Å²) in [5, 5.41) is 12.8. The van der Waals surface area contributed by atoms with Crippen molar-refractivity contribution in [2.24, 2.45) is 0 Å². The lowest BCUT2D eigenvalue weighted by molar-refractivity contribution is -0.152. The average molecular weight is 338 g/mol. The lowest BCUT2D eigenvalue weighted by Gasteiger charge is -2.40. The number of hydrogen-bond donors (Lipinski definition) is 2. The van der Waals surface area contributed by atoms with Gasteiger partial charge in [-0.1, -0.05) is 13.2 Å². The van der Waals surface area contributed by atoms with Crippen LogP contribution in [-0.2, 0) is 14.3 Å². The largest absolute Gasteiger partial charge is 0.479 e. The van der Waals surface area contributed by atoms with Crippen molar-refractivity contribution in [3.8, 4) is 0 Å². The van der Waals surface area contributed by atoms with Gasteiger partial charge in [-0.25, -0.2) is 4.79 Å². The number of allylic oxidation sites excluding steroid dienone is 2. The Morgan fingerprint density at radius 1 is 1.33 bits per heavy atom. The summed E-state index contributed by atoms with van der Waals surface area (Å²) in [6.07, 6.45) is 5.55. The van der Waals surface area contributed by atoms with Gasteiger partial charge in [0.1, 0.15) is 11.8 Å². The summed E-state index contributed by atoms with van der Waals surface area (Å²) in [5.74, 6) is -0.964. The Bertz CT molecular complexity index is 480. The normalized spacial score (nSPS) is 14.0. The fraction of sp³-hybridized carbons (Fsp3) is 0.556. The molecule has 0 unspecified atom stereocenters. The van der Waals surface area contributed by atoms with Crippen LogP contribution in [0.25, 0.3) is 0 Å². The minimum absolute atomic E-state index is 0.281. The van der Waals surface area contributed by atoms with E-state index in [1.165, 1.54) is 18.4 Å². The first-order valence-corrected chi connectivity index (χ1v) is 7.87. The number of carbonyl (C=O) groups is 2. The Labute approximate surface area is 144 Å². The van der Waals surface area contributed by atoms with E-state index in [0.29, 0.717) is 31.6 Å². The summed E-state index contributed by atoms with van der Waals surface area (Å²) in [4.78, 5) is 24.2. The first-order valence-electron chi connectivity index (χ1n) is 7.87. The highest BCUT2D eigenvalue weighted by Gasteiger charge is 2.42. The molecule has 0 saturated carbocycles. The smallest absolute Gasteiger partial charge is 0.329 e. The fourth-order valence-electron chi connectivity index (χ4n) is 2.26. The predicted molar refractivity (Wildman–Crippen MR) is 95.6 cm³/mol. The molecule has 24 heavy (non-hydrogen) atoms. The lowest BCUT2D eigenvalue weighted by Crippen LogP contribution is -2.54. The molecular formula is C18H30N2O4. The molecule has 0 rings (SSSR count). The van der Waals surface area contributed by atoms with E-state index in [1.54, 1.807) is 11.9 Å². The maximum atomic E-state index is 12.1. The third kappa shape index (κ3) is 7.00. The predicted octanol–water partition coefficient (Wildman–Crippen LogP) is 2.34. The van der Waals surface area contributed by atoms with E-state index in [1.807, 2.05) is 20.8 Å². The zero-order valence-corrected chi connectivity index (χ0v) is 15.2. The Hall–Kier alpha value is -2.08. The topological polar surface area (TPSA) is 78.9 Å². The molecule has 6 heteroatoms. The fourth-order valence-corrected chi connectivity index (χ4v) is 2.26. The van der Waals surface area contributed by atoms with Crippen LogP contribution < -0.4 is 5.32 Å². The molecule has 0 aromatic heterocycles. The van der Waals surface area contributed by atoms with Crippen LogP contribution in [-0.4, -0.2) is 53.6 Å². The van der Waals surface area contributed by atoms with Gasteiger partial charge in [-0.2, -0.15) is 0 Å². The number of ether oxygens (including phenoxy) is 1. The highest BCUT2D eigenvalue weighted by Crippen LogP contribution is 2.28. The molecule has 0 heterocycles. The maximum Gasteiger partial charge on any atom is 0.329 e. The average Bonchev–Trinajstić information content (AvgIpc) is 2.49. The molecule has 0 aromatic rings. The van der Waals surface area contributed by atoms with Gasteiger partial charge in [-0.05, 0) is 45.5 Å². The number of aldehydes is 1. The number of carboxylic acid groups (broad SMARTS) is 1. The zero-order valence-electron chi connectivity index (χ0n) is 15.2. The molecule has 0 aromatic carbocycles. The van der Waals surface area contributed by atoms with Crippen molar-refractivity contribution in [2.75, 3.05) is 20.2 Å². The van der Waals surface area contributed by atoms with Crippen LogP contribution in [0.2, 0.25) is 0 Å². The summed E-state index contributed by atoms with van der Waals surface area (Å²) in [6, 6.07) is 0. The van der Waals surface area contributed by atoms with Crippen molar-refractivity contribution in [2.45, 2.75) is 44.8 Å². The van der Waals surface area contributed by atoms with Crippen LogP contribution in [0.4, 0.5) is 0 Å². The van der Waals surface area contributed by atoms with Crippen LogP contribution >= 0.6 is 0 Å². The molecule has 2 N–H and O–H groups in total. The monoisotopic (exact) mass is 338 g/mol. The second kappa shape index (κ2) is 9.93. The van der Waals surface area contributed by atoms with E-state index in [2.05, 4.69) is 18.5 Å². The summed E-state index contributed by atoms with van der Waals surface area (Å²) in [7, 11) is 1.66. The van der Waals surface area contributed by atoms with E-state index in [0.717, 1.165) is 0 Å². The number of rotatable bonds is 12. The molecular weight excluding hydrogens is 308 g/mol. The maximum absolute atomic E-state index is 12.1. The van der Waals surface area contributed by atoms with Crippen molar-refractivity contribution in [3.63, 3.8) is 0 Å². The molecule has 0 aliphatic rings. The Balaban J connectivity index is 5.43. The Morgan fingerprint density at radius 3 is 2.42 bits per heavy atom. The van der Waals surface area contributed by atoms with Crippen molar-refractivity contribution >= 4 is 12.3 Å². The number of carbonyl (C=O) groups excluding carboxylic acids is 1. The molecule has 0 aliphatic heterocycles. The Morgan fingerprint density at radius 2 is 1.96 bits per heavy atom. The summed E-state index contributed by atoms with van der Waals surface area (Å²) in [6.45, 7) is 13.9. The molecule has 136 valence electrons. The third-order valence-corrected chi connectivity index (χ3v) is 3.72. The summed E-state index contributed by atoms with van der Waals surface area (Å²) < 4.78 is 5.72. The molecule has 0 spiro atoms. The van der Waals surface area contributed by atoms with Crippen molar-refractivity contribution in [1.29, 1.82) is 0 Å². The molecule has 1 atom stereocenters. The minimum atomic E-state index is -1.20. The highest BCUT2D eigenvalue weighted by molar-refractivity contribution is 5.79. The first kappa shape index (κ1) is 21.9. The van der Waals surface area contributed by atoms with Crippen LogP contribution in [0.15, 0.2) is 37.2 Å². The quantitative estimate of drug-likeness (QED) is 0.246. The number of aliphatic carboxylic acids is 1. The van der Waals surface area contributed by atoms with Crippen molar-refractivity contribution < 1.29 is 19.4 Å². The molecule has 6 nitrogen and oxygen atoms in total. The highest BCUT2D eigenvalue weighted by atomic mass is 16.5. The molecule has 0 saturated heterocycles. The van der Waals surface area contributed by atoms with E-state index in [4.69, 9.17) is 4.74 Å². The summed E-state index contributed by atoms with van der Waals surface area (Å²) in [5.41, 5.74) is -1.11. The van der Waals surface area contributed by atoms with Gasteiger partial charge in [-0.15, -0.1) is 0 Å². The molecule has 0 fully saturated rings. The minimum Gasteiger partial charge on any atom is -0.479 e. The van der Waals surface area contributed by atoms with Gasteiger partial charge in [0.15, 0.2) is 0 Å². The van der Waals surface area contributed by atoms with Crippen molar-refractivity contribution in [3.05, 3.63) is 37.2 Å². The third-order valence-electron chi connectivity index (χ3n) is 3.72. The molecule has 0 aliphatic carbocycles. The van der Waals surface area contributed by atoms with E-state index in [-0.39, 0.29) is 12.0 Å². The number of nitrogens with one attached hydrogen (secondary N) is 1. The van der Waals surface area contributed by atoms with Gasteiger partial charge < -0.3 is 20.1 Å². The van der Waals surface area contributed by atoms with E-state index < -0.39 is 11.5 Å². The standard InChI is InChI=1S/C18H30N2O4/c1-7-19-12-10-18(16(22)23,11-14-24-17(3,4)5)20(6)15(2)9-8-13-21/h7-9,13,19H,1-2,10-12,14H2,3-6H3,(H,22,23)/b9-8-/t18-/m0/s1. The van der Waals surface area contributed by atoms with Crippen LogP contribution in [0, 0.1) is 0 Å². The van der Waals surface area contributed by atoms with Crippen LogP contribution in [0.1, 0.15) is 33.6 Å². The van der Waals surface area contributed by atoms with Crippen molar-refractivity contribution in [1.82, 2.24) is 10.2 Å². The van der Waals surface area contributed by atoms with E-state index >= 15 is 0 Å². The molecule has 0 radical (unpaired) electrons. The van der Waals surface area contributed by atoms with Gasteiger partial charge in [0.05, 0.1) is 12.2 Å². The van der Waals surface area contributed by atoms with Gasteiger partial charge in [0.2, 0.25) is 0 Å².